The van der Waals surface area contributed by atoms with Crippen LogP contribution in [0.25, 0.3) is 0 Å². The van der Waals surface area contributed by atoms with Gasteiger partial charge in [0.1, 0.15) is 0 Å². The molecule has 0 radical (unpaired) electrons. The predicted octanol–water partition coefficient (Wildman–Crippen LogP) is 1.15. The lowest BCUT2D eigenvalue weighted by atomic mass is 9.93. The number of carbonyl (C=O) groups is 1. The lowest BCUT2D eigenvalue weighted by Crippen LogP contribution is -2.43. The van der Waals surface area contributed by atoms with Crippen LogP contribution in [-0.4, -0.2) is 25.0 Å². The van der Waals surface area contributed by atoms with Crippen LogP contribution in [0.3, 0.4) is 0 Å². The van der Waals surface area contributed by atoms with Crippen molar-refractivity contribution in [2.45, 2.75) is 38.6 Å². The molecule has 3 nitrogen and oxygen atoms in total. The van der Waals surface area contributed by atoms with Crippen molar-refractivity contribution >= 4 is 5.91 Å². The molecule has 2 N–H and O–H groups in total. The number of carbonyl (C=O) groups excluding carboxylic acids is 1. The molecule has 0 spiro atoms. The summed E-state index contributed by atoms with van der Waals surface area (Å²) in [4.78, 5) is 12.1. The minimum atomic E-state index is 0.208. The topological polar surface area (TPSA) is 41.1 Å². The van der Waals surface area contributed by atoms with E-state index in [1.54, 1.807) is 0 Å². The smallest absolute Gasteiger partial charge is 0.224 e. The van der Waals surface area contributed by atoms with Gasteiger partial charge in [-0.25, -0.2) is 0 Å². The molecule has 2 saturated carbocycles. The van der Waals surface area contributed by atoms with Crippen molar-refractivity contribution in [2.24, 2.45) is 23.7 Å². The van der Waals surface area contributed by atoms with Crippen LogP contribution in [0.15, 0.2) is 0 Å². The van der Waals surface area contributed by atoms with Crippen LogP contribution >= 0.6 is 0 Å². The highest BCUT2D eigenvalue weighted by Gasteiger charge is 2.41. The van der Waals surface area contributed by atoms with E-state index in [0.717, 1.165) is 24.9 Å². The number of nitrogens with one attached hydrogen (secondary N) is 2. The Labute approximate surface area is 97.4 Å². The zero-order valence-electron chi connectivity index (χ0n) is 10.0. The Morgan fingerprint density at radius 2 is 2.12 bits per heavy atom. The molecular formula is C13H22N2O. The summed E-state index contributed by atoms with van der Waals surface area (Å²) in [7, 11) is 0. The second kappa shape index (κ2) is 4.02. The van der Waals surface area contributed by atoms with Gasteiger partial charge in [-0.15, -0.1) is 0 Å². The maximum Gasteiger partial charge on any atom is 0.224 e. The monoisotopic (exact) mass is 222 g/mol. The van der Waals surface area contributed by atoms with Crippen molar-refractivity contribution in [1.82, 2.24) is 10.6 Å². The quantitative estimate of drug-likeness (QED) is 0.736. The second-order valence-corrected chi connectivity index (χ2v) is 6.03. The fraction of sp³-hybridized carbons (Fsp3) is 0.923. The molecule has 3 aliphatic rings. The van der Waals surface area contributed by atoms with Crippen molar-refractivity contribution in [3.63, 3.8) is 0 Å². The molecule has 0 aromatic carbocycles. The molecule has 1 saturated heterocycles. The summed E-state index contributed by atoms with van der Waals surface area (Å²) >= 11 is 0. The van der Waals surface area contributed by atoms with Gasteiger partial charge in [-0.05, 0) is 43.6 Å². The Morgan fingerprint density at radius 3 is 2.69 bits per heavy atom. The molecule has 90 valence electrons. The SMILES string of the molecule is CC1CNCC1C(=O)NC1CC2CCC1C2. The van der Waals surface area contributed by atoms with Crippen LogP contribution < -0.4 is 10.6 Å². The Morgan fingerprint density at radius 1 is 1.25 bits per heavy atom. The van der Waals surface area contributed by atoms with Crippen LogP contribution in [0.4, 0.5) is 0 Å². The lowest BCUT2D eigenvalue weighted by Gasteiger charge is -2.25. The Bertz CT molecular complexity index is 292. The summed E-state index contributed by atoms with van der Waals surface area (Å²) in [5, 5.41) is 6.60. The van der Waals surface area contributed by atoms with E-state index in [0.29, 0.717) is 17.9 Å². The third-order valence-electron chi connectivity index (χ3n) is 4.92. The Hall–Kier alpha value is -0.570. The maximum atomic E-state index is 12.1. The van der Waals surface area contributed by atoms with Crippen LogP contribution in [0.1, 0.15) is 32.6 Å². The van der Waals surface area contributed by atoms with E-state index in [1.165, 1.54) is 25.7 Å². The molecule has 0 aromatic rings. The lowest BCUT2D eigenvalue weighted by molar-refractivity contribution is -0.126. The molecule has 5 atom stereocenters. The molecule has 1 heterocycles. The van der Waals surface area contributed by atoms with Gasteiger partial charge in [0.2, 0.25) is 5.91 Å². The molecule has 1 aliphatic heterocycles. The van der Waals surface area contributed by atoms with Crippen molar-refractivity contribution in [3.05, 3.63) is 0 Å². The number of hydrogen-bond acceptors (Lipinski definition) is 2. The normalized spacial score (nSPS) is 46.2. The Balaban J connectivity index is 1.56. The highest BCUT2D eigenvalue weighted by Crippen LogP contribution is 2.44. The molecule has 0 aromatic heterocycles. The van der Waals surface area contributed by atoms with Gasteiger partial charge < -0.3 is 10.6 Å². The second-order valence-electron chi connectivity index (χ2n) is 6.03. The minimum Gasteiger partial charge on any atom is -0.353 e. The van der Waals surface area contributed by atoms with Crippen molar-refractivity contribution in [1.29, 1.82) is 0 Å². The van der Waals surface area contributed by atoms with Gasteiger partial charge in [0, 0.05) is 12.6 Å². The van der Waals surface area contributed by atoms with Gasteiger partial charge in [-0.1, -0.05) is 13.3 Å². The van der Waals surface area contributed by atoms with E-state index >= 15 is 0 Å². The average molecular weight is 222 g/mol. The summed E-state index contributed by atoms with van der Waals surface area (Å²) in [6, 6.07) is 0.499. The summed E-state index contributed by atoms with van der Waals surface area (Å²) in [6.07, 6.45) is 5.35. The first-order valence-corrected chi connectivity index (χ1v) is 6.75. The number of amides is 1. The van der Waals surface area contributed by atoms with Crippen molar-refractivity contribution in [2.75, 3.05) is 13.1 Å². The van der Waals surface area contributed by atoms with Crippen LogP contribution in [-0.2, 0) is 4.79 Å². The molecular weight excluding hydrogens is 200 g/mol. The summed E-state index contributed by atoms with van der Waals surface area (Å²) in [5.41, 5.74) is 0. The minimum absolute atomic E-state index is 0.208. The summed E-state index contributed by atoms with van der Waals surface area (Å²) in [6.45, 7) is 4.04. The fourth-order valence-electron chi connectivity index (χ4n) is 3.87. The van der Waals surface area contributed by atoms with Gasteiger partial charge in [0.05, 0.1) is 5.92 Å². The number of hydrogen-bond donors (Lipinski definition) is 2. The molecule has 16 heavy (non-hydrogen) atoms. The fourth-order valence-corrected chi connectivity index (χ4v) is 3.87. The van der Waals surface area contributed by atoms with Gasteiger partial charge in [0.25, 0.3) is 0 Å². The van der Waals surface area contributed by atoms with Crippen molar-refractivity contribution in [3.8, 4) is 0 Å². The Kier molecular flexibility index (Phi) is 2.66. The van der Waals surface area contributed by atoms with E-state index in [1.807, 2.05) is 0 Å². The van der Waals surface area contributed by atoms with Crippen LogP contribution in [0.2, 0.25) is 0 Å². The van der Waals surface area contributed by atoms with Gasteiger partial charge in [-0.2, -0.15) is 0 Å². The standard InChI is InChI=1S/C13H22N2O/c1-8-6-14-7-11(8)13(16)15-12-5-9-2-3-10(12)4-9/h8-12,14H,2-7H2,1H3,(H,15,16). The zero-order valence-corrected chi connectivity index (χ0v) is 10.0. The molecule has 1 amide bonds. The van der Waals surface area contributed by atoms with E-state index in [9.17, 15) is 4.79 Å². The zero-order chi connectivity index (χ0) is 11.1. The van der Waals surface area contributed by atoms with Gasteiger partial charge in [-0.3, -0.25) is 4.79 Å². The molecule has 3 fully saturated rings. The first kappa shape index (κ1) is 10.6. The van der Waals surface area contributed by atoms with Crippen LogP contribution in [0, 0.1) is 23.7 Å². The first-order chi connectivity index (χ1) is 7.74. The largest absolute Gasteiger partial charge is 0.353 e. The number of rotatable bonds is 2. The number of fused-ring (bicyclic) bond motifs is 2. The molecule has 5 unspecified atom stereocenters. The van der Waals surface area contributed by atoms with E-state index in [4.69, 9.17) is 0 Å². The van der Waals surface area contributed by atoms with E-state index in [2.05, 4.69) is 17.6 Å². The first-order valence-electron chi connectivity index (χ1n) is 6.75. The molecule has 2 bridgehead atoms. The summed E-state index contributed by atoms with van der Waals surface area (Å²) in [5.74, 6) is 2.71. The third-order valence-corrected chi connectivity index (χ3v) is 4.92. The third kappa shape index (κ3) is 1.75. The van der Waals surface area contributed by atoms with E-state index in [-0.39, 0.29) is 5.92 Å². The van der Waals surface area contributed by atoms with Gasteiger partial charge >= 0.3 is 0 Å². The highest BCUT2D eigenvalue weighted by atomic mass is 16.2. The van der Waals surface area contributed by atoms with Crippen LogP contribution in [0.5, 0.6) is 0 Å². The average Bonchev–Trinajstić information content (AvgIpc) is 2.92. The molecule has 3 heteroatoms. The molecule has 3 rings (SSSR count). The summed E-state index contributed by atoms with van der Waals surface area (Å²) < 4.78 is 0. The van der Waals surface area contributed by atoms with E-state index < -0.39 is 0 Å². The maximum absolute atomic E-state index is 12.1. The van der Waals surface area contributed by atoms with Gasteiger partial charge in [0.15, 0.2) is 0 Å². The highest BCUT2D eigenvalue weighted by molar-refractivity contribution is 5.80. The predicted molar refractivity (Wildman–Crippen MR) is 62.9 cm³/mol. The van der Waals surface area contributed by atoms with Crippen molar-refractivity contribution < 1.29 is 4.79 Å². The molecule has 2 aliphatic carbocycles.